The largest absolute Gasteiger partial charge is 0.354 e. The Morgan fingerprint density at radius 1 is 1.44 bits per heavy atom. The first-order chi connectivity index (χ1) is 7.70. The molecule has 2 heterocycles. The normalized spacial score (nSPS) is 22.4. The quantitative estimate of drug-likeness (QED) is 0.775. The second-order valence-corrected chi connectivity index (χ2v) is 5.00. The van der Waals surface area contributed by atoms with E-state index < -0.39 is 0 Å². The van der Waals surface area contributed by atoms with Crippen LogP contribution in [0, 0.1) is 0 Å². The average Bonchev–Trinajstić information content (AvgIpc) is 2.29. The Labute approximate surface area is 105 Å². The summed E-state index contributed by atoms with van der Waals surface area (Å²) < 4.78 is 0.851. The molecule has 1 unspecified atom stereocenters. The van der Waals surface area contributed by atoms with Crippen LogP contribution in [0.15, 0.2) is 17.0 Å². The monoisotopic (exact) mass is 284 g/mol. The molecule has 1 aliphatic heterocycles. The zero-order chi connectivity index (χ0) is 11.5. The van der Waals surface area contributed by atoms with Crippen molar-refractivity contribution in [2.75, 3.05) is 31.6 Å². The van der Waals surface area contributed by atoms with Gasteiger partial charge in [0, 0.05) is 31.7 Å². The number of anilines is 1. The molecule has 0 aliphatic carbocycles. The van der Waals surface area contributed by atoms with Gasteiger partial charge in [0.1, 0.15) is 16.7 Å². The summed E-state index contributed by atoms with van der Waals surface area (Å²) in [6.45, 7) is 5.42. The lowest BCUT2D eigenvalue weighted by Crippen LogP contribution is -2.51. The van der Waals surface area contributed by atoms with Crippen LogP contribution in [0.5, 0.6) is 0 Å². The molecule has 1 aliphatic rings. The molecule has 1 atom stereocenters. The lowest BCUT2D eigenvalue weighted by molar-refractivity contribution is 0.213. The van der Waals surface area contributed by atoms with Crippen LogP contribution in [0.25, 0.3) is 0 Å². The number of piperazine rings is 1. The van der Waals surface area contributed by atoms with Crippen molar-refractivity contribution in [2.45, 2.75) is 19.4 Å². The number of nitrogens with zero attached hydrogens (tertiary/aromatic N) is 4. The molecule has 1 aromatic heterocycles. The SMILES string of the molecule is CCC1CN(c2cc(Br)ncn2)CCN1C. The van der Waals surface area contributed by atoms with E-state index in [9.17, 15) is 0 Å². The number of likely N-dealkylation sites (N-methyl/N-ethyl adjacent to an activating group) is 1. The van der Waals surface area contributed by atoms with Crippen molar-refractivity contribution in [3.63, 3.8) is 0 Å². The van der Waals surface area contributed by atoms with Gasteiger partial charge in [-0.15, -0.1) is 0 Å². The van der Waals surface area contributed by atoms with Gasteiger partial charge in [0.25, 0.3) is 0 Å². The minimum atomic E-state index is 0.627. The maximum absolute atomic E-state index is 4.32. The number of hydrogen-bond donors (Lipinski definition) is 0. The summed E-state index contributed by atoms with van der Waals surface area (Å²) in [6, 6.07) is 2.61. The van der Waals surface area contributed by atoms with E-state index in [0.29, 0.717) is 6.04 Å². The molecule has 88 valence electrons. The Balaban J connectivity index is 2.11. The van der Waals surface area contributed by atoms with Gasteiger partial charge in [0.2, 0.25) is 0 Å². The van der Waals surface area contributed by atoms with Crippen molar-refractivity contribution in [1.82, 2.24) is 14.9 Å². The highest BCUT2D eigenvalue weighted by atomic mass is 79.9. The van der Waals surface area contributed by atoms with Crippen molar-refractivity contribution in [2.24, 2.45) is 0 Å². The minimum Gasteiger partial charge on any atom is -0.354 e. The molecule has 1 fully saturated rings. The highest BCUT2D eigenvalue weighted by Crippen LogP contribution is 2.19. The average molecular weight is 285 g/mol. The van der Waals surface area contributed by atoms with E-state index in [-0.39, 0.29) is 0 Å². The van der Waals surface area contributed by atoms with Gasteiger partial charge in [0.05, 0.1) is 0 Å². The predicted octanol–water partition coefficient (Wildman–Crippen LogP) is 1.77. The zero-order valence-corrected chi connectivity index (χ0v) is 11.3. The second-order valence-electron chi connectivity index (χ2n) is 4.19. The maximum atomic E-state index is 4.32. The molecule has 0 spiro atoms. The van der Waals surface area contributed by atoms with Crippen LogP contribution in [0.4, 0.5) is 5.82 Å². The highest BCUT2D eigenvalue weighted by molar-refractivity contribution is 9.10. The molecule has 0 N–H and O–H groups in total. The Morgan fingerprint density at radius 2 is 2.25 bits per heavy atom. The summed E-state index contributed by atoms with van der Waals surface area (Å²) in [5.41, 5.74) is 0. The fourth-order valence-electron chi connectivity index (χ4n) is 2.09. The molecule has 16 heavy (non-hydrogen) atoms. The third-order valence-corrected chi connectivity index (χ3v) is 3.63. The summed E-state index contributed by atoms with van der Waals surface area (Å²) in [5, 5.41) is 0. The molecule has 1 aromatic rings. The van der Waals surface area contributed by atoms with E-state index in [1.807, 2.05) is 6.07 Å². The Morgan fingerprint density at radius 3 is 2.94 bits per heavy atom. The van der Waals surface area contributed by atoms with Crippen molar-refractivity contribution >= 4 is 21.7 Å². The van der Waals surface area contributed by atoms with E-state index in [2.05, 4.69) is 49.7 Å². The first-order valence-corrected chi connectivity index (χ1v) is 6.42. The summed E-state index contributed by atoms with van der Waals surface area (Å²) >= 11 is 3.38. The third kappa shape index (κ3) is 2.52. The summed E-state index contributed by atoms with van der Waals surface area (Å²) in [7, 11) is 2.20. The third-order valence-electron chi connectivity index (χ3n) is 3.19. The summed E-state index contributed by atoms with van der Waals surface area (Å²) in [6.07, 6.45) is 2.79. The predicted molar refractivity (Wildman–Crippen MR) is 68.7 cm³/mol. The highest BCUT2D eigenvalue weighted by Gasteiger charge is 2.23. The fourth-order valence-corrected chi connectivity index (χ4v) is 2.39. The van der Waals surface area contributed by atoms with Gasteiger partial charge in [-0.05, 0) is 29.4 Å². The Kier molecular flexibility index (Phi) is 3.76. The molecule has 2 rings (SSSR count). The van der Waals surface area contributed by atoms with Crippen LogP contribution in [0.3, 0.4) is 0 Å². The van der Waals surface area contributed by atoms with Crippen LogP contribution in [0.1, 0.15) is 13.3 Å². The standard InChI is InChI=1S/C11H17BrN4/c1-3-9-7-16(5-4-15(9)2)11-6-10(12)13-8-14-11/h6,8-9H,3-5,7H2,1-2H3. The van der Waals surface area contributed by atoms with Crippen LogP contribution >= 0.6 is 15.9 Å². The van der Waals surface area contributed by atoms with Crippen molar-refractivity contribution in [3.8, 4) is 0 Å². The minimum absolute atomic E-state index is 0.627. The topological polar surface area (TPSA) is 32.3 Å². The first kappa shape index (κ1) is 11.8. The Bertz CT molecular complexity index is 358. The molecule has 5 heteroatoms. The summed E-state index contributed by atoms with van der Waals surface area (Å²) in [4.78, 5) is 13.1. The first-order valence-electron chi connectivity index (χ1n) is 5.63. The van der Waals surface area contributed by atoms with Crippen molar-refractivity contribution in [3.05, 3.63) is 17.0 Å². The molecular formula is C11H17BrN4. The van der Waals surface area contributed by atoms with Gasteiger partial charge >= 0.3 is 0 Å². The van der Waals surface area contributed by atoms with E-state index in [1.165, 1.54) is 6.42 Å². The molecule has 1 saturated heterocycles. The number of aromatic nitrogens is 2. The zero-order valence-electron chi connectivity index (χ0n) is 9.73. The number of rotatable bonds is 2. The second kappa shape index (κ2) is 5.10. The van der Waals surface area contributed by atoms with Crippen LogP contribution < -0.4 is 4.90 Å². The molecule has 0 amide bonds. The molecule has 0 bridgehead atoms. The van der Waals surface area contributed by atoms with Crippen molar-refractivity contribution in [1.29, 1.82) is 0 Å². The molecule has 0 aromatic carbocycles. The maximum Gasteiger partial charge on any atom is 0.133 e. The van der Waals surface area contributed by atoms with Gasteiger partial charge in [-0.2, -0.15) is 0 Å². The van der Waals surface area contributed by atoms with Crippen LogP contribution in [-0.2, 0) is 0 Å². The van der Waals surface area contributed by atoms with Crippen molar-refractivity contribution < 1.29 is 0 Å². The fraction of sp³-hybridized carbons (Fsp3) is 0.636. The van der Waals surface area contributed by atoms with Gasteiger partial charge < -0.3 is 4.90 Å². The smallest absolute Gasteiger partial charge is 0.133 e. The summed E-state index contributed by atoms with van der Waals surface area (Å²) in [5.74, 6) is 1.02. The molecular weight excluding hydrogens is 268 g/mol. The van der Waals surface area contributed by atoms with Crippen LogP contribution in [0.2, 0.25) is 0 Å². The van der Waals surface area contributed by atoms with E-state index in [0.717, 1.165) is 30.1 Å². The van der Waals surface area contributed by atoms with Gasteiger partial charge in [-0.1, -0.05) is 6.92 Å². The number of hydrogen-bond acceptors (Lipinski definition) is 4. The van der Waals surface area contributed by atoms with E-state index in [4.69, 9.17) is 0 Å². The molecule has 4 nitrogen and oxygen atoms in total. The Hall–Kier alpha value is -0.680. The van der Waals surface area contributed by atoms with E-state index in [1.54, 1.807) is 6.33 Å². The van der Waals surface area contributed by atoms with Gasteiger partial charge in [-0.3, -0.25) is 4.90 Å². The lowest BCUT2D eigenvalue weighted by Gasteiger charge is -2.39. The molecule has 0 radical (unpaired) electrons. The van der Waals surface area contributed by atoms with Gasteiger partial charge in [0.15, 0.2) is 0 Å². The molecule has 0 saturated carbocycles. The lowest BCUT2D eigenvalue weighted by atomic mass is 10.1. The number of halogens is 1. The van der Waals surface area contributed by atoms with Crippen LogP contribution in [-0.4, -0.2) is 47.6 Å². The van der Waals surface area contributed by atoms with Gasteiger partial charge in [-0.25, -0.2) is 9.97 Å². The van der Waals surface area contributed by atoms with E-state index >= 15 is 0 Å².